The number of amides is 1. The number of hydrazone groups is 1. The van der Waals surface area contributed by atoms with Gasteiger partial charge >= 0.3 is 0 Å². The zero-order valence-corrected chi connectivity index (χ0v) is 17.5. The third-order valence-electron chi connectivity index (χ3n) is 4.35. The molecule has 0 aliphatic carbocycles. The summed E-state index contributed by atoms with van der Waals surface area (Å²) < 4.78 is 27.7. The van der Waals surface area contributed by atoms with Gasteiger partial charge in [-0.3, -0.25) is 14.1 Å². The maximum Gasteiger partial charge on any atom is 0.264 e. The fourth-order valence-corrected chi connectivity index (χ4v) is 4.41. The Labute approximate surface area is 176 Å². The second kappa shape index (κ2) is 9.32. The van der Waals surface area contributed by atoms with Crippen LogP contribution in [0, 0.1) is 13.8 Å². The van der Waals surface area contributed by atoms with Gasteiger partial charge in [-0.05, 0) is 55.3 Å². The number of aryl methyl sites for hydroxylation is 2. The number of anilines is 1. The molecule has 0 unspecified atom stereocenters. The summed E-state index contributed by atoms with van der Waals surface area (Å²) in [6.07, 6.45) is 4.68. The van der Waals surface area contributed by atoms with Crippen molar-refractivity contribution in [3.8, 4) is 0 Å². The van der Waals surface area contributed by atoms with E-state index < -0.39 is 22.5 Å². The molecule has 3 rings (SSSR count). The highest BCUT2D eigenvalue weighted by Gasteiger charge is 2.28. The van der Waals surface area contributed by atoms with Crippen molar-refractivity contribution in [3.63, 3.8) is 0 Å². The number of benzene rings is 2. The first-order valence-corrected chi connectivity index (χ1v) is 10.7. The second-order valence-corrected chi connectivity index (χ2v) is 8.55. The summed E-state index contributed by atoms with van der Waals surface area (Å²) in [7, 11) is -3.95. The van der Waals surface area contributed by atoms with Crippen LogP contribution in [0.5, 0.6) is 0 Å². The molecule has 30 heavy (non-hydrogen) atoms. The Bertz CT molecular complexity index is 1150. The predicted octanol–water partition coefficient (Wildman–Crippen LogP) is 3.04. The van der Waals surface area contributed by atoms with Crippen LogP contribution in [-0.4, -0.2) is 32.1 Å². The summed E-state index contributed by atoms with van der Waals surface area (Å²) in [5, 5.41) is 3.91. The molecule has 1 amide bonds. The number of hydrogen-bond donors (Lipinski definition) is 1. The van der Waals surface area contributed by atoms with E-state index in [2.05, 4.69) is 15.5 Å². The number of rotatable bonds is 7. The highest BCUT2D eigenvalue weighted by Crippen LogP contribution is 2.27. The SMILES string of the molecule is Cc1ccc(N(CC(=O)N/N=C/c2ccncc2)S(=O)(=O)c2ccccc2)c(C)c1. The normalized spacial score (nSPS) is 11.4. The first-order valence-electron chi connectivity index (χ1n) is 9.25. The topological polar surface area (TPSA) is 91.7 Å². The maximum atomic E-state index is 13.3. The van der Waals surface area contributed by atoms with Crippen LogP contribution in [0.3, 0.4) is 0 Å². The van der Waals surface area contributed by atoms with Crippen molar-refractivity contribution < 1.29 is 13.2 Å². The summed E-state index contributed by atoms with van der Waals surface area (Å²) >= 11 is 0. The Morgan fingerprint density at radius 1 is 1.07 bits per heavy atom. The monoisotopic (exact) mass is 422 g/mol. The first kappa shape index (κ1) is 21.2. The summed E-state index contributed by atoms with van der Waals surface area (Å²) in [5.41, 5.74) is 5.34. The highest BCUT2D eigenvalue weighted by atomic mass is 32.2. The standard InChI is InChI=1S/C22H22N4O3S/c1-17-8-9-21(18(2)14-17)26(30(28,29)20-6-4-3-5-7-20)16-22(27)25-24-15-19-10-12-23-13-11-19/h3-15H,16H2,1-2H3,(H,25,27)/b24-15+. The Morgan fingerprint density at radius 2 is 1.77 bits per heavy atom. The van der Waals surface area contributed by atoms with Gasteiger partial charge in [0.2, 0.25) is 0 Å². The number of carbonyl (C=O) groups excluding carboxylic acids is 1. The van der Waals surface area contributed by atoms with Gasteiger partial charge in [0.1, 0.15) is 6.54 Å². The minimum atomic E-state index is -3.95. The van der Waals surface area contributed by atoms with Gasteiger partial charge in [0, 0.05) is 12.4 Å². The van der Waals surface area contributed by atoms with Gasteiger partial charge < -0.3 is 0 Å². The minimum absolute atomic E-state index is 0.109. The molecule has 0 saturated heterocycles. The van der Waals surface area contributed by atoms with E-state index in [1.807, 2.05) is 26.0 Å². The van der Waals surface area contributed by atoms with Crippen molar-refractivity contribution in [1.82, 2.24) is 10.4 Å². The number of carbonyl (C=O) groups is 1. The molecule has 0 aliphatic rings. The van der Waals surface area contributed by atoms with Gasteiger partial charge in [-0.25, -0.2) is 13.8 Å². The molecule has 1 aromatic heterocycles. The van der Waals surface area contributed by atoms with E-state index in [1.165, 1.54) is 18.3 Å². The smallest absolute Gasteiger partial charge is 0.264 e. The van der Waals surface area contributed by atoms with Crippen LogP contribution in [0.4, 0.5) is 5.69 Å². The number of nitrogens with one attached hydrogen (secondary N) is 1. The zero-order valence-electron chi connectivity index (χ0n) is 16.7. The third-order valence-corrected chi connectivity index (χ3v) is 6.12. The number of hydrogen-bond acceptors (Lipinski definition) is 5. The molecule has 1 heterocycles. The van der Waals surface area contributed by atoms with Crippen LogP contribution < -0.4 is 9.73 Å². The van der Waals surface area contributed by atoms with Crippen LogP contribution in [0.1, 0.15) is 16.7 Å². The molecule has 0 fully saturated rings. The van der Waals surface area contributed by atoms with E-state index in [-0.39, 0.29) is 4.90 Å². The molecular weight excluding hydrogens is 400 g/mol. The van der Waals surface area contributed by atoms with E-state index in [0.717, 1.165) is 21.0 Å². The summed E-state index contributed by atoms with van der Waals surface area (Å²) in [6, 6.07) is 16.9. The Kier molecular flexibility index (Phi) is 6.58. The van der Waals surface area contributed by atoms with Crippen LogP contribution in [-0.2, 0) is 14.8 Å². The lowest BCUT2D eigenvalue weighted by Gasteiger charge is -2.25. The molecule has 0 atom stereocenters. The van der Waals surface area contributed by atoms with E-state index >= 15 is 0 Å². The van der Waals surface area contributed by atoms with Gasteiger partial charge in [-0.15, -0.1) is 0 Å². The fourth-order valence-electron chi connectivity index (χ4n) is 2.90. The molecule has 8 heteroatoms. The minimum Gasteiger partial charge on any atom is -0.271 e. The molecule has 0 aliphatic heterocycles. The molecular formula is C22H22N4O3S. The van der Waals surface area contributed by atoms with Crippen LogP contribution in [0.15, 0.2) is 83.1 Å². The van der Waals surface area contributed by atoms with Crippen molar-refractivity contribution in [2.75, 3.05) is 10.8 Å². The van der Waals surface area contributed by atoms with Gasteiger partial charge in [0.15, 0.2) is 0 Å². The number of pyridine rings is 1. The summed E-state index contributed by atoms with van der Waals surface area (Å²) in [6.45, 7) is 3.33. The Balaban J connectivity index is 1.88. The van der Waals surface area contributed by atoms with E-state index in [1.54, 1.807) is 48.8 Å². The molecule has 0 radical (unpaired) electrons. The lowest BCUT2D eigenvalue weighted by molar-refractivity contribution is -0.119. The van der Waals surface area contributed by atoms with Crippen molar-refractivity contribution in [2.24, 2.45) is 5.10 Å². The predicted molar refractivity (Wildman–Crippen MR) is 117 cm³/mol. The van der Waals surface area contributed by atoms with E-state index in [0.29, 0.717) is 5.69 Å². The molecule has 154 valence electrons. The fraction of sp³-hybridized carbons (Fsp3) is 0.136. The van der Waals surface area contributed by atoms with Crippen molar-refractivity contribution >= 4 is 27.8 Å². The lowest BCUT2D eigenvalue weighted by atomic mass is 10.1. The third kappa shape index (κ3) is 5.09. The summed E-state index contributed by atoms with van der Waals surface area (Å²) in [5.74, 6) is -0.556. The average molecular weight is 423 g/mol. The van der Waals surface area contributed by atoms with Crippen molar-refractivity contribution in [2.45, 2.75) is 18.7 Å². The Morgan fingerprint density at radius 3 is 2.43 bits per heavy atom. The van der Waals surface area contributed by atoms with E-state index in [4.69, 9.17) is 0 Å². The number of nitrogens with zero attached hydrogens (tertiary/aromatic N) is 3. The number of sulfonamides is 1. The highest BCUT2D eigenvalue weighted by molar-refractivity contribution is 7.92. The van der Waals surface area contributed by atoms with Crippen LogP contribution in [0.25, 0.3) is 0 Å². The molecule has 7 nitrogen and oxygen atoms in total. The maximum absolute atomic E-state index is 13.3. The first-order chi connectivity index (χ1) is 14.4. The Hall–Kier alpha value is -3.52. The van der Waals surface area contributed by atoms with Gasteiger partial charge in [0.05, 0.1) is 16.8 Å². The number of aromatic nitrogens is 1. The second-order valence-electron chi connectivity index (χ2n) is 6.69. The van der Waals surface area contributed by atoms with Crippen molar-refractivity contribution in [3.05, 3.63) is 89.7 Å². The lowest BCUT2D eigenvalue weighted by Crippen LogP contribution is -2.40. The van der Waals surface area contributed by atoms with Gasteiger partial charge in [-0.2, -0.15) is 5.10 Å². The molecule has 0 saturated carbocycles. The molecule has 0 bridgehead atoms. The van der Waals surface area contributed by atoms with Crippen LogP contribution >= 0.6 is 0 Å². The van der Waals surface area contributed by atoms with E-state index in [9.17, 15) is 13.2 Å². The molecule has 1 N–H and O–H groups in total. The van der Waals surface area contributed by atoms with Gasteiger partial charge in [-0.1, -0.05) is 35.9 Å². The average Bonchev–Trinajstić information content (AvgIpc) is 2.74. The summed E-state index contributed by atoms with van der Waals surface area (Å²) in [4.78, 5) is 16.5. The molecule has 0 spiro atoms. The molecule has 2 aromatic carbocycles. The van der Waals surface area contributed by atoms with Crippen molar-refractivity contribution in [1.29, 1.82) is 0 Å². The zero-order chi connectivity index (χ0) is 21.6. The van der Waals surface area contributed by atoms with Gasteiger partial charge in [0.25, 0.3) is 15.9 Å². The quantitative estimate of drug-likeness (QED) is 0.468. The largest absolute Gasteiger partial charge is 0.271 e. The molecule has 3 aromatic rings. The van der Waals surface area contributed by atoms with Crippen LogP contribution in [0.2, 0.25) is 0 Å².